The summed E-state index contributed by atoms with van der Waals surface area (Å²) in [5, 5.41) is 5.83. The third-order valence-corrected chi connectivity index (χ3v) is 5.62. The van der Waals surface area contributed by atoms with Gasteiger partial charge in [-0.3, -0.25) is 14.2 Å². The molecule has 3 rings (SSSR count). The molecule has 1 aromatic carbocycles. The molecule has 1 amide bonds. The summed E-state index contributed by atoms with van der Waals surface area (Å²) in [6.45, 7) is 4.48. The molecule has 140 valence electrons. The van der Waals surface area contributed by atoms with Crippen molar-refractivity contribution < 1.29 is 9.53 Å². The maximum atomic E-state index is 12.6. The van der Waals surface area contributed by atoms with Gasteiger partial charge in [0, 0.05) is 13.1 Å². The van der Waals surface area contributed by atoms with E-state index in [2.05, 4.69) is 16.9 Å². The van der Waals surface area contributed by atoms with Gasteiger partial charge in [0.25, 0.3) is 5.56 Å². The van der Waals surface area contributed by atoms with E-state index in [0.29, 0.717) is 28.5 Å². The van der Waals surface area contributed by atoms with Crippen molar-refractivity contribution in [1.29, 1.82) is 0 Å². The second-order valence-corrected chi connectivity index (χ2v) is 7.49. The monoisotopic (exact) mass is 401 g/mol. The van der Waals surface area contributed by atoms with Gasteiger partial charge in [-0.1, -0.05) is 30.0 Å². The van der Waals surface area contributed by atoms with E-state index in [4.69, 9.17) is 4.74 Å². The van der Waals surface area contributed by atoms with Crippen LogP contribution in [0.15, 0.2) is 58.3 Å². The molecule has 0 aliphatic rings. The quantitative estimate of drug-likeness (QED) is 0.357. The number of hydrogen-bond donors (Lipinski definition) is 1. The fourth-order valence-corrected chi connectivity index (χ4v) is 4.10. The molecular weight excluding hydrogens is 382 g/mol. The normalized spacial score (nSPS) is 10.7. The lowest BCUT2D eigenvalue weighted by molar-refractivity contribution is -0.118. The van der Waals surface area contributed by atoms with Crippen LogP contribution in [-0.2, 0) is 17.9 Å². The second kappa shape index (κ2) is 8.88. The SMILES string of the molecule is C=CCn1c(SCC(=O)NCc2ccc(OC)cc2)nc2sccc2c1=O. The Kier molecular flexibility index (Phi) is 6.31. The molecular formula is C19H19N3O3S2. The fraction of sp³-hybridized carbons (Fsp3) is 0.211. The number of carbonyl (C=O) groups excluding carboxylic acids is 1. The Bertz CT molecular complexity index is 1010. The lowest BCUT2D eigenvalue weighted by atomic mass is 10.2. The first kappa shape index (κ1) is 19.2. The summed E-state index contributed by atoms with van der Waals surface area (Å²) in [6, 6.07) is 9.28. The first-order valence-corrected chi connectivity index (χ1v) is 10.1. The van der Waals surface area contributed by atoms with Crippen LogP contribution in [0, 0.1) is 0 Å². The molecule has 3 aromatic rings. The minimum absolute atomic E-state index is 0.109. The number of thioether (sulfide) groups is 1. The molecule has 0 fully saturated rings. The van der Waals surface area contributed by atoms with Crippen molar-refractivity contribution in [2.75, 3.05) is 12.9 Å². The average Bonchev–Trinajstić information content (AvgIpc) is 3.16. The van der Waals surface area contributed by atoms with Crippen LogP contribution in [0.25, 0.3) is 10.2 Å². The summed E-state index contributed by atoms with van der Waals surface area (Å²) >= 11 is 2.66. The highest BCUT2D eigenvalue weighted by Gasteiger charge is 2.13. The molecule has 0 unspecified atom stereocenters. The number of amides is 1. The molecule has 27 heavy (non-hydrogen) atoms. The Morgan fingerprint density at radius 3 is 2.85 bits per heavy atom. The number of carbonyl (C=O) groups is 1. The van der Waals surface area contributed by atoms with E-state index in [1.165, 1.54) is 23.1 Å². The second-order valence-electron chi connectivity index (χ2n) is 5.65. The molecule has 8 heteroatoms. The predicted octanol–water partition coefficient (Wildman–Crippen LogP) is 3.06. The van der Waals surface area contributed by atoms with E-state index in [0.717, 1.165) is 11.3 Å². The summed E-state index contributed by atoms with van der Waals surface area (Å²) in [5.41, 5.74) is 0.873. The van der Waals surface area contributed by atoms with Gasteiger partial charge in [0.2, 0.25) is 5.91 Å². The lowest BCUT2D eigenvalue weighted by Gasteiger charge is -2.10. The van der Waals surface area contributed by atoms with Crippen molar-refractivity contribution in [1.82, 2.24) is 14.9 Å². The fourth-order valence-electron chi connectivity index (χ4n) is 2.46. The summed E-state index contributed by atoms with van der Waals surface area (Å²) < 4.78 is 6.66. The molecule has 0 atom stereocenters. The number of hydrogen-bond acceptors (Lipinski definition) is 6. The Balaban J connectivity index is 1.64. The highest BCUT2D eigenvalue weighted by molar-refractivity contribution is 7.99. The molecule has 0 spiro atoms. The van der Waals surface area contributed by atoms with Crippen molar-refractivity contribution in [2.45, 2.75) is 18.2 Å². The number of allylic oxidation sites excluding steroid dienone is 1. The zero-order chi connectivity index (χ0) is 19.2. The number of ether oxygens (including phenoxy) is 1. The Morgan fingerprint density at radius 1 is 1.37 bits per heavy atom. The first-order chi connectivity index (χ1) is 13.1. The van der Waals surface area contributed by atoms with Gasteiger partial charge < -0.3 is 10.1 Å². The number of methoxy groups -OCH3 is 1. The van der Waals surface area contributed by atoms with Gasteiger partial charge >= 0.3 is 0 Å². The van der Waals surface area contributed by atoms with Crippen LogP contribution >= 0.6 is 23.1 Å². The van der Waals surface area contributed by atoms with Crippen LogP contribution in [0.5, 0.6) is 5.75 Å². The molecule has 2 heterocycles. The zero-order valence-corrected chi connectivity index (χ0v) is 16.4. The van der Waals surface area contributed by atoms with E-state index in [9.17, 15) is 9.59 Å². The number of nitrogens with zero attached hydrogens (tertiary/aromatic N) is 2. The highest BCUT2D eigenvalue weighted by atomic mass is 32.2. The van der Waals surface area contributed by atoms with Gasteiger partial charge in [0.05, 0.1) is 18.2 Å². The Hall–Kier alpha value is -2.58. The molecule has 0 aliphatic heterocycles. The standard InChI is InChI=1S/C19H19N3O3S2/c1-3-9-22-18(24)15-8-10-26-17(15)21-19(22)27-12-16(23)20-11-13-4-6-14(25-2)7-5-13/h3-8,10H,1,9,11-12H2,2H3,(H,20,23). The number of rotatable bonds is 8. The number of benzene rings is 1. The number of fused-ring (bicyclic) bond motifs is 1. The van der Waals surface area contributed by atoms with E-state index in [-0.39, 0.29) is 17.2 Å². The van der Waals surface area contributed by atoms with Crippen LogP contribution in [-0.4, -0.2) is 28.3 Å². The molecule has 0 aliphatic carbocycles. The van der Waals surface area contributed by atoms with Gasteiger partial charge in [-0.05, 0) is 29.1 Å². The van der Waals surface area contributed by atoms with Gasteiger partial charge in [0.15, 0.2) is 5.16 Å². The maximum absolute atomic E-state index is 12.6. The molecule has 0 saturated heterocycles. The van der Waals surface area contributed by atoms with Crippen molar-refractivity contribution in [3.8, 4) is 5.75 Å². The number of thiophene rings is 1. The predicted molar refractivity (Wildman–Crippen MR) is 110 cm³/mol. The largest absolute Gasteiger partial charge is 0.497 e. The Labute approximate surface area is 164 Å². The van der Waals surface area contributed by atoms with Gasteiger partial charge in [-0.25, -0.2) is 4.98 Å². The van der Waals surface area contributed by atoms with E-state index < -0.39 is 0 Å². The van der Waals surface area contributed by atoms with Crippen molar-refractivity contribution >= 4 is 39.2 Å². The Morgan fingerprint density at radius 2 is 2.15 bits per heavy atom. The molecule has 0 bridgehead atoms. The summed E-state index contributed by atoms with van der Waals surface area (Å²) in [5.74, 6) is 0.828. The smallest absolute Gasteiger partial charge is 0.263 e. The van der Waals surface area contributed by atoms with E-state index in [1.807, 2.05) is 29.6 Å². The van der Waals surface area contributed by atoms with E-state index in [1.54, 1.807) is 23.8 Å². The molecule has 0 radical (unpaired) electrons. The molecule has 2 aromatic heterocycles. The lowest BCUT2D eigenvalue weighted by Crippen LogP contribution is -2.26. The van der Waals surface area contributed by atoms with Crippen LogP contribution in [0.1, 0.15) is 5.56 Å². The third kappa shape index (κ3) is 4.58. The van der Waals surface area contributed by atoms with Crippen molar-refractivity contribution in [3.63, 3.8) is 0 Å². The average molecular weight is 402 g/mol. The van der Waals surface area contributed by atoms with Crippen molar-refractivity contribution in [2.24, 2.45) is 0 Å². The molecule has 6 nitrogen and oxygen atoms in total. The third-order valence-electron chi connectivity index (χ3n) is 3.84. The topological polar surface area (TPSA) is 73.2 Å². The minimum Gasteiger partial charge on any atom is -0.497 e. The summed E-state index contributed by atoms with van der Waals surface area (Å²) in [7, 11) is 1.61. The molecule has 0 saturated carbocycles. The van der Waals surface area contributed by atoms with Crippen LogP contribution < -0.4 is 15.6 Å². The van der Waals surface area contributed by atoms with Crippen LogP contribution in [0.4, 0.5) is 0 Å². The van der Waals surface area contributed by atoms with Crippen LogP contribution in [0.3, 0.4) is 0 Å². The first-order valence-electron chi connectivity index (χ1n) is 8.23. The van der Waals surface area contributed by atoms with Gasteiger partial charge in [-0.2, -0.15) is 0 Å². The zero-order valence-electron chi connectivity index (χ0n) is 14.8. The minimum atomic E-state index is -0.124. The maximum Gasteiger partial charge on any atom is 0.263 e. The van der Waals surface area contributed by atoms with Crippen molar-refractivity contribution in [3.05, 3.63) is 64.3 Å². The highest BCUT2D eigenvalue weighted by Crippen LogP contribution is 2.21. The van der Waals surface area contributed by atoms with E-state index >= 15 is 0 Å². The van der Waals surface area contributed by atoms with Gasteiger partial charge in [-0.15, -0.1) is 17.9 Å². The number of aromatic nitrogens is 2. The van der Waals surface area contributed by atoms with Crippen LogP contribution in [0.2, 0.25) is 0 Å². The molecule has 1 N–H and O–H groups in total. The summed E-state index contributed by atoms with van der Waals surface area (Å²) in [6.07, 6.45) is 1.65. The van der Waals surface area contributed by atoms with Gasteiger partial charge in [0.1, 0.15) is 10.6 Å². The summed E-state index contributed by atoms with van der Waals surface area (Å²) in [4.78, 5) is 30.0. The number of nitrogens with one attached hydrogen (secondary N) is 1.